The van der Waals surface area contributed by atoms with Crippen LogP contribution in [0.2, 0.25) is 0 Å². The minimum absolute atomic E-state index is 0.0959. The quantitative estimate of drug-likeness (QED) is 0.748. The molecule has 0 saturated carbocycles. The van der Waals surface area contributed by atoms with E-state index in [9.17, 15) is 9.59 Å². The first-order chi connectivity index (χ1) is 11.6. The molecule has 0 saturated heterocycles. The lowest BCUT2D eigenvalue weighted by Gasteiger charge is -2.10. The van der Waals surface area contributed by atoms with E-state index in [2.05, 4.69) is 20.9 Å². The first-order valence-corrected chi connectivity index (χ1v) is 7.83. The molecule has 0 atom stereocenters. The summed E-state index contributed by atoms with van der Waals surface area (Å²) in [4.78, 5) is 23.3. The summed E-state index contributed by atoms with van der Waals surface area (Å²) < 4.78 is 0. The van der Waals surface area contributed by atoms with Gasteiger partial charge in [0, 0.05) is 18.5 Å². The van der Waals surface area contributed by atoms with Gasteiger partial charge in [-0.3, -0.25) is 9.59 Å². The topological polar surface area (TPSA) is 82.9 Å². The monoisotopic (exact) mass is 324 g/mol. The van der Waals surface area contributed by atoms with Crippen molar-refractivity contribution in [3.8, 4) is 0 Å². The Bertz CT molecular complexity index is 742. The molecule has 0 aliphatic carbocycles. The summed E-state index contributed by atoms with van der Waals surface area (Å²) in [6, 6.07) is 14.4. The number of benzene rings is 2. The van der Waals surface area contributed by atoms with Crippen molar-refractivity contribution in [1.29, 1.82) is 0 Å². The summed E-state index contributed by atoms with van der Waals surface area (Å²) in [7, 11) is 0. The first-order valence-electron chi connectivity index (χ1n) is 7.83. The fraction of sp³-hybridized carbons (Fsp3) is 0.222. The third kappa shape index (κ3) is 5.01. The molecule has 124 valence electrons. The Balaban J connectivity index is 2.29. The zero-order valence-corrected chi connectivity index (χ0v) is 13.7. The Morgan fingerprint density at radius 2 is 1.54 bits per heavy atom. The summed E-state index contributed by atoms with van der Waals surface area (Å²) in [6.45, 7) is 3.54. The van der Waals surface area contributed by atoms with Crippen LogP contribution in [0.25, 0.3) is 0 Å². The summed E-state index contributed by atoms with van der Waals surface area (Å²) in [6.07, 6.45) is 0.729. The van der Waals surface area contributed by atoms with Crippen LogP contribution < -0.4 is 10.6 Å². The van der Waals surface area contributed by atoms with Gasteiger partial charge in [-0.25, -0.2) is 0 Å². The molecule has 0 aliphatic rings. The highest BCUT2D eigenvalue weighted by Crippen LogP contribution is 2.30. The fourth-order valence-electron chi connectivity index (χ4n) is 1.90. The Labute approximate surface area is 141 Å². The Morgan fingerprint density at radius 3 is 2.21 bits per heavy atom. The second-order valence-electron chi connectivity index (χ2n) is 5.07. The average molecular weight is 324 g/mol. The number of anilines is 2. The Hall–Kier alpha value is -3.02. The van der Waals surface area contributed by atoms with Gasteiger partial charge in [0.2, 0.25) is 11.8 Å². The van der Waals surface area contributed by atoms with Crippen LogP contribution in [0.4, 0.5) is 22.7 Å². The second-order valence-corrected chi connectivity index (χ2v) is 5.07. The highest BCUT2D eigenvalue weighted by atomic mass is 16.2. The van der Waals surface area contributed by atoms with E-state index in [1.807, 2.05) is 30.3 Å². The minimum Gasteiger partial charge on any atom is -0.326 e. The molecule has 0 aliphatic heterocycles. The molecule has 2 N–H and O–H groups in total. The van der Waals surface area contributed by atoms with Crippen LogP contribution in [0.15, 0.2) is 58.8 Å². The van der Waals surface area contributed by atoms with Gasteiger partial charge < -0.3 is 10.6 Å². The number of hydrogen-bond acceptors (Lipinski definition) is 4. The van der Waals surface area contributed by atoms with Crippen LogP contribution in [-0.4, -0.2) is 11.8 Å². The normalized spacial score (nSPS) is 10.6. The maximum Gasteiger partial charge on any atom is 0.224 e. The van der Waals surface area contributed by atoms with E-state index >= 15 is 0 Å². The molecule has 0 radical (unpaired) electrons. The maximum absolute atomic E-state index is 11.7. The first kappa shape index (κ1) is 17.3. The Morgan fingerprint density at radius 1 is 0.875 bits per heavy atom. The third-order valence-electron chi connectivity index (χ3n) is 3.23. The van der Waals surface area contributed by atoms with Gasteiger partial charge in [-0.1, -0.05) is 32.0 Å². The van der Waals surface area contributed by atoms with Crippen LogP contribution in [-0.2, 0) is 9.59 Å². The van der Waals surface area contributed by atoms with Crippen molar-refractivity contribution in [1.82, 2.24) is 0 Å². The van der Waals surface area contributed by atoms with Crippen molar-refractivity contribution in [2.24, 2.45) is 10.2 Å². The molecule has 0 fully saturated rings. The molecule has 2 rings (SSSR count). The third-order valence-corrected chi connectivity index (χ3v) is 3.23. The van der Waals surface area contributed by atoms with Crippen LogP contribution in [0.1, 0.15) is 26.7 Å². The molecule has 24 heavy (non-hydrogen) atoms. The lowest BCUT2D eigenvalue weighted by Crippen LogP contribution is -2.12. The predicted octanol–water partition coefficient (Wildman–Crippen LogP) is 4.80. The number of carbonyl (C=O) groups is 2. The molecule has 6 nitrogen and oxygen atoms in total. The van der Waals surface area contributed by atoms with Gasteiger partial charge in [0.05, 0.1) is 11.4 Å². The summed E-state index contributed by atoms with van der Waals surface area (Å²) in [5.74, 6) is -0.230. The molecular formula is C18H20N4O2. The van der Waals surface area contributed by atoms with Crippen molar-refractivity contribution in [3.63, 3.8) is 0 Å². The number of nitrogens with one attached hydrogen (secondary N) is 2. The van der Waals surface area contributed by atoms with Crippen molar-refractivity contribution in [2.45, 2.75) is 26.7 Å². The lowest BCUT2D eigenvalue weighted by atomic mass is 10.2. The summed E-state index contributed by atoms with van der Waals surface area (Å²) in [5.41, 5.74) is 2.35. The van der Waals surface area contributed by atoms with E-state index in [-0.39, 0.29) is 11.8 Å². The second kappa shape index (κ2) is 8.57. The van der Waals surface area contributed by atoms with Crippen LogP contribution in [0.3, 0.4) is 0 Å². The largest absolute Gasteiger partial charge is 0.326 e. The number of amides is 2. The smallest absolute Gasteiger partial charge is 0.224 e. The average Bonchev–Trinajstić information content (AvgIpc) is 2.61. The van der Waals surface area contributed by atoms with Crippen molar-refractivity contribution in [2.75, 3.05) is 10.6 Å². The zero-order chi connectivity index (χ0) is 17.4. The van der Waals surface area contributed by atoms with Crippen LogP contribution >= 0.6 is 0 Å². The maximum atomic E-state index is 11.7. The van der Waals surface area contributed by atoms with Crippen molar-refractivity contribution in [3.05, 3.63) is 48.5 Å². The standard InChI is InChI=1S/C18H20N4O2/c1-3-17(23)19-14-10-11-15(16(12-14)20-18(24)4-2)22-21-13-8-6-5-7-9-13/h5-12H,3-4H2,1-2H3,(H,19,23)(H,20,24). The number of carbonyl (C=O) groups excluding carboxylic acids is 2. The molecule has 0 spiro atoms. The van der Waals surface area contributed by atoms with Gasteiger partial charge in [-0.2, -0.15) is 5.11 Å². The van der Waals surface area contributed by atoms with Gasteiger partial charge in [-0.05, 0) is 30.3 Å². The lowest BCUT2D eigenvalue weighted by molar-refractivity contribution is -0.116. The molecule has 0 bridgehead atoms. The molecule has 6 heteroatoms. The van der Waals surface area contributed by atoms with Gasteiger partial charge in [-0.15, -0.1) is 5.11 Å². The molecular weight excluding hydrogens is 304 g/mol. The SMILES string of the molecule is CCC(=O)Nc1ccc(N=Nc2ccccc2)c(NC(=O)CC)c1. The Kier molecular flexibility index (Phi) is 6.19. The van der Waals surface area contributed by atoms with E-state index < -0.39 is 0 Å². The highest BCUT2D eigenvalue weighted by molar-refractivity contribution is 5.96. The van der Waals surface area contributed by atoms with Gasteiger partial charge in [0.25, 0.3) is 0 Å². The molecule has 2 amide bonds. The van der Waals surface area contributed by atoms with Crippen LogP contribution in [0, 0.1) is 0 Å². The van der Waals surface area contributed by atoms with E-state index in [1.54, 1.807) is 32.0 Å². The van der Waals surface area contributed by atoms with Crippen molar-refractivity contribution >= 4 is 34.6 Å². The molecule has 2 aromatic rings. The highest BCUT2D eigenvalue weighted by Gasteiger charge is 2.08. The summed E-state index contributed by atoms with van der Waals surface area (Å²) >= 11 is 0. The number of hydrogen-bond donors (Lipinski definition) is 2. The van der Waals surface area contributed by atoms with Gasteiger partial charge >= 0.3 is 0 Å². The minimum atomic E-state index is -0.134. The number of rotatable bonds is 6. The fourth-order valence-corrected chi connectivity index (χ4v) is 1.90. The van der Waals surface area contributed by atoms with E-state index in [4.69, 9.17) is 0 Å². The molecule has 0 aromatic heterocycles. The molecule has 2 aromatic carbocycles. The van der Waals surface area contributed by atoms with E-state index in [0.717, 1.165) is 0 Å². The van der Waals surface area contributed by atoms with E-state index in [1.165, 1.54) is 0 Å². The van der Waals surface area contributed by atoms with Gasteiger partial charge in [0.15, 0.2) is 0 Å². The number of azo groups is 1. The van der Waals surface area contributed by atoms with Gasteiger partial charge in [0.1, 0.15) is 5.69 Å². The van der Waals surface area contributed by atoms with Crippen LogP contribution in [0.5, 0.6) is 0 Å². The number of nitrogens with zero attached hydrogens (tertiary/aromatic N) is 2. The van der Waals surface area contributed by atoms with E-state index in [0.29, 0.717) is 35.6 Å². The molecule has 0 heterocycles. The van der Waals surface area contributed by atoms with Crippen molar-refractivity contribution < 1.29 is 9.59 Å². The summed E-state index contributed by atoms with van der Waals surface area (Å²) in [5, 5.41) is 13.9. The zero-order valence-electron chi connectivity index (χ0n) is 13.7. The predicted molar refractivity (Wildman–Crippen MR) is 94.9 cm³/mol. The molecule has 0 unspecified atom stereocenters.